The Labute approximate surface area is 122 Å². The molecule has 0 aliphatic heterocycles. The standard InChI is InChI=1S/C14H15Cl2NO2/c1-6-11(7(2)13(16)8(3)12(6)15)14-10(5-18)9(4)19-17-14/h18H,5H2,1-4H3. The van der Waals surface area contributed by atoms with Gasteiger partial charge < -0.3 is 9.63 Å². The first kappa shape index (κ1) is 14.4. The molecule has 0 atom stereocenters. The lowest BCUT2D eigenvalue weighted by atomic mass is 9.94. The monoisotopic (exact) mass is 299 g/mol. The highest BCUT2D eigenvalue weighted by Crippen LogP contribution is 2.40. The molecule has 3 nitrogen and oxygen atoms in total. The molecular formula is C14H15Cl2NO2. The molecular weight excluding hydrogens is 285 g/mol. The zero-order valence-corrected chi connectivity index (χ0v) is 12.8. The van der Waals surface area contributed by atoms with E-state index in [1.807, 2.05) is 20.8 Å². The normalized spacial score (nSPS) is 11.1. The maximum Gasteiger partial charge on any atom is 0.139 e. The lowest BCUT2D eigenvalue weighted by Crippen LogP contribution is -1.97. The van der Waals surface area contributed by atoms with Crippen molar-refractivity contribution in [3.63, 3.8) is 0 Å². The Morgan fingerprint density at radius 3 is 2.00 bits per heavy atom. The number of halogens is 2. The molecule has 1 aromatic heterocycles. The van der Waals surface area contributed by atoms with E-state index in [0.717, 1.165) is 22.3 Å². The third-order valence-corrected chi connectivity index (χ3v) is 4.58. The third-order valence-electron chi connectivity index (χ3n) is 3.45. The second-order valence-electron chi connectivity index (χ2n) is 4.60. The second kappa shape index (κ2) is 5.16. The topological polar surface area (TPSA) is 46.3 Å². The fourth-order valence-electron chi connectivity index (χ4n) is 2.29. The highest BCUT2D eigenvalue weighted by atomic mass is 35.5. The predicted octanol–water partition coefficient (Wildman–Crippen LogP) is 4.37. The molecule has 0 aliphatic carbocycles. The quantitative estimate of drug-likeness (QED) is 0.895. The minimum Gasteiger partial charge on any atom is -0.391 e. The number of hydrogen-bond acceptors (Lipinski definition) is 3. The summed E-state index contributed by atoms with van der Waals surface area (Å²) in [4.78, 5) is 0. The molecule has 19 heavy (non-hydrogen) atoms. The van der Waals surface area contributed by atoms with Crippen LogP contribution >= 0.6 is 23.2 Å². The van der Waals surface area contributed by atoms with Gasteiger partial charge in [0.2, 0.25) is 0 Å². The van der Waals surface area contributed by atoms with Gasteiger partial charge in [-0.2, -0.15) is 0 Å². The summed E-state index contributed by atoms with van der Waals surface area (Å²) in [7, 11) is 0. The first-order valence-electron chi connectivity index (χ1n) is 5.91. The fourth-order valence-corrected chi connectivity index (χ4v) is 2.71. The summed E-state index contributed by atoms with van der Waals surface area (Å²) >= 11 is 12.6. The van der Waals surface area contributed by atoms with Crippen molar-refractivity contribution in [3.05, 3.63) is 38.1 Å². The number of benzene rings is 1. The molecule has 1 heterocycles. The Morgan fingerprint density at radius 2 is 1.53 bits per heavy atom. The molecule has 1 N–H and O–H groups in total. The summed E-state index contributed by atoms with van der Waals surface area (Å²) in [5.41, 5.74) is 4.75. The Hall–Kier alpha value is -1.03. The van der Waals surface area contributed by atoms with Crippen molar-refractivity contribution in [3.8, 4) is 11.3 Å². The highest BCUT2D eigenvalue weighted by molar-refractivity contribution is 6.37. The average molecular weight is 300 g/mol. The Morgan fingerprint density at radius 1 is 1.00 bits per heavy atom. The Balaban J connectivity index is 2.83. The first-order valence-corrected chi connectivity index (χ1v) is 6.66. The summed E-state index contributed by atoms with van der Waals surface area (Å²) in [5.74, 6) is 0.601. The molecule has 0 saturated carbocycles. The van der Waals surface area contributed by atoms with Gasteiger partial charge in [-0.05, 0) is 44.4 Å². The molecule has 0 saturated heterocycles. The molecule has 5 heteroatoms. The van der Waals surface area contributed by atoms with Gasteiger partial charge in [0, 0.05) is 21.2 Å². The zero-order chi connectivity index (χ0) is 14.3. The third kappa shape index (κ3) is 2.16. The number of aliphatic hydroxyl groups is 1. The molecule has 2 aromatic rings. The lowest BCUT2D eigenvalue weighted by Gasteiger charge is -2.15. The van der Waals surface area contributed by atoms with Crippen molar-refractivity contribution in [1.82, 2.24) is 5.16 Å². The van der Waals surface area contributed by atoms with Crippen molar-refractivity contribution in [1.29, 1.82) is 0 Å². The van der Waals surface area contributed by atoms with E-state index < -0.39 is 0 Å². The van der Waals surface area contributed by atoms with Gasteiger partial charge in [0.15, 0.2) is 0 Å². The van der Waals surface area contributed by atoms with Crippen LogP contribution in [0.4, 0.5) is 0 Å². The van der Waals surface area contributed by atoms with Crippen molar-refractivity contribution in [2.45, 2.75) is 34.3 Å². The van der Waals surface area contributed by atoms with E-state index in [2.05, 4.69) is 5.16 Å². The average Bonchev–Trinajstić information content (AvgIpc) is 2.75. The van der Waals surface area contributed by atoms with Crippen LogP contribution in [0.1, 0.15) is 28.0 Å². The molecule has 0 unspecified atom stereocenters. The van der Waals surface area contributed by atoms with Crippen molar-refractivity contribution in [2.75, 3.05) is 0 Å². The van der Waals surface area contributed by atoms with Gasteiger partial charge >= 0.3 is 0 Å². The van der Waals surface area contributed by atoms with Gasteiger partial charge in [-0.1, -0.05) is 28.4 Å². The van der Waals surface area contributed by atoms with E-state index >= 15 is 0 Å². The number of aliphatic hydroxyl groups excluding tert-OH is 1. The molecule has 0 amide bonds. The van der Waals surface area contributed by atoms with Gasteiger partial charge in [-0.3, -0.25) is 0 Å². The fraction of sp³-hybridized carbons (Fsp3) is 0.357. The minimum absolute atomic E-state index is 0.132. The summed E-state index contributed by atoms with van der Waals surface area (Å²) in [6, 6.07) is 0. The van der Waals surface area contributed by atoms with E-state index in [4.69, 9.17) is 27.7 Å². The van der Waals surface area contributed by atoms with E-state index in [1.54, 1.807) is 6.92 Å². The SMILES string of the molecule is Cc1onc(-c2c(C)c(Cl)c(C)c(Cl)c2C)c1CO. The number of hydrogen-bond donors (Lipinski definition) is 1. The zero-order valence-electron chi connectivity index (χ0n) is 11.3. The molecule has 0 spiro atoms. The molecule has 0 bridgehead atoms. The largest absolute Gasteiger partial charge is 0.391 e. The second-order valence-corrected chi connectivity index (χ2v) is 5.36. The molecule has 102 valence electrons. The first-order chi connectivity index (χ1) is 8.90. The van der Waals surface area contributed by atoms with Crippen LogP contribution < -0.4 is 0 Å². The minimum atomic E-state index is -0.132. The van der Waals surface area contributed by atoms with Crippen LogP contribution in [0, 0.1) is 27.7 Å². The molecule has 0 fully saturated rings. The van der Waals surface area contributed by atoms with Crippen LogP contribution in [-0.2, 0) is 6.61 Å². The van der Waals surface area contributed by atoms with E-state index in [0.29, 0.717) is 27.1 Å². The summed E-state index contributed by atoms with van der Waals surface area (Å²) < 4.78 is 5.16. The van der Waals surface area contributed by atoms with E-state index in [-0.39, 0.29) is 6.61 Å². The lowest BCUT2D eigenvalue weighted by molar-refractivity contribution is 0.278. The predicted molar refractivity (Wildman–Crippen MR) is 76.8 cm³/mol. The van der Waals surface area contributed by atoms with Crippen LogP contribution in [0.5, 0.6) is 0 Å². The number of aromatic nitrogens is 1. The highest BCUT2D eigenvalue weighted by Gasteiger charge is 2.22. The van der Waals surface area contributed by atoms with Gasteiger partial charge in [0.1, 0.15) is 11.5 Å². The van der Waals surface area contributed by atoms with Gasteiger partial charge in [0.05, 0.1) is 6.61 Å². The van der Waals surface area contributed by atoms with Gasteiger partial charge in [-0.25, -0.2) is 0 Å². The Bertz CT molecular complexity index is 618. The van der Waals surface area contributed by atoms with Crippen molar-refractivity contribution < 1.29 is 9.63 Å². The number of rotatable bonds is 2. The van der Waals surface area contributed by atoms with Gasteiger partial charge in [0.25, 0.3) is 0 Å². The smallest absolute Gasteiger partial charge is 0.139 e. The number of aryl methyl sites for hydroxylation is 1. The van der Waals surface area contributed by atoms with Crippen molar-refractivity contribution >= 4 is 23.2 Å². The molecule has 0 radical (unpaired) electrons. The molecule has 0 aliphatic rings. The molecule has 2 rings (SSSR count). The summed E-state index contributed by atoms with van der Waals surface area (Å²) in [6.45, 7) is 7.35. The van der Waals surface area contributed by atoms with Crippen LogP contribution in [0.15, 0.2) is 4.52 Å². The maximum absolute atomic E-state index is 9.46. The van der Waals surface area contributed by atoms with Crippen LogP contribution in [0.3, 0.4) is 0 Å². The van der Waals surface area contributed by atoms with Crippen LogP contribution in [-0.4, -0.2) is 10.3 Å². The number of nitrogens with zero attached hydrogens (tertiary/aromatic N) is 1. The summed E-state index contributed by atoms with van der Waals surface area (Å²) in [5, 5.41) is 14.7. The van der Waals surface area contributed by atoms with Crippen molar-refractivity contribution in [2.24, 2.45) is 0 Å². The molecule has 1 aromatic carbocycles. The van der Waals surface area contributed by atoms with Gasteiger partial charge in [-0.15, -0.1) is 0 Å². The maximum atomic E-state index is 9.46. The van der Waals surface area contributed by atoms with E-state index in [1.165, 1.54) is 0 Å². The van der Waals surface area contributed by atoms with Crippen LogP contribution in [0.25, 0.3) is 11.3 Å². The van der Waals surface area contributed by atoms with E-state index in [9.17, 15) is 5.11 Å². The summed E-state index contributed by atoms with van der Waals surface area (Å²) in [6.07, 6.45) is 0. The Kier molecular flexibility index (Phi) is 3.90. The van der Waals surface area contributed by atoms with Crippen LogP contribution in [0.2, 0.25) is 10.0 Å².